The van der Waals surface area contributed by atoms with Gasteiger partial charge in [-0.25, -0.2) is 4.39 Å². The normalized spacial score (nSPS) is 13.9. The van der Waals surface area contributed by atoms with Crippen LogP contribution < -0.4 is 10.2 Å². The van der Waals surface area contributed by atoms with E-state index in [4.69, 9.17) is 23.2 Å². The Bertz CT molecular complexity index is 1250. The van der Waals surface area contributed by atoms with E-state index in [1.807, 2.05) is 39.2 Å². The summed E-state index contributed by atoms with van der Waals surface area (Å²) in [7, 11) is 4.00. The van der Waals surface area contributed by atoms with Crippen LogP contribution >= 0.6 is 23.2 Å². The standard InChI is InChI=1S/C30H34Cl2FN3O2/c1-5-21(29(37)34-16-8-17-35(3)4)12-14-24(31)20(2)22-13-15-27-23(19-22)9-7-18-36(27)30(38)28-25(32)10-6-11-26(28)33/h6,10-15,19H,2,5,7-9,16-18H2,1,3-4H3,(H,34,37). The number of hydrogen-bond donors (Lipinski definition) is 1. The van der Waals surface area contributed by atoms with Crippen LogP contribution in [0.4, 0.5) is 10.1 Å². The number of nitrogens with zero attached hydrogens (tertiary/aromatic N) is 2. The van der Waals surface area contributed by atoms with E-state index in [-0.39, 0.29) is 16.5 Å². The van der Waals surface area contributed by atoms with Crippen LogP contribution in [0, 0.1) is 5.82 Å². The zero-order valence-corrected chi connectivity index (χ0v) is 23.6. The molecule has 1 N–H and O–H groups in total. The monoisotopic (exact) mass is 557 g/mol. The lowest BCUT2D eigenvalue weighted by atomic mass is 9.95. The van der Waals surface area contributed by atoms with Gasteiger partial charge in [0.15, 0.2) is 0 Å². The van der Waals surface area contributed by atoms with Crippen LogP contribution in [-0.4, -0.2) is 50.4 Å². The molecule has 0 saturated heterocycles. The Morgan fingerprint density at radius 2 is 1.97 bits per heavy atom. The lowest BCUT2D eigenvalue weighted by Crippen LogP contribution is -2.36. The van der Waals surface area contributed by atoms with Crippen molar-refractivity contribution in [3.63, 3.8) is 0 Å². The molecule has 38 heavy (non-hydrogen) atoms. The highest BCUT2D eigenvalue weighted by Crippen LogP contribution is 2.34. The molecule has 8 heteroatoms. The number of benzene rings is 2. The van der Waals surface area contributed by atoms with E-state index in [1.165, 1.54) is 18.2 Å². The summed E-state index contributed by atoms with van der Waals surface area (Å²) in [6, 6.07) is 9.85. The summed E-state index contributed by atoms with van der Waals surface area (Å²) in [6.45, 7) is 8.05. The second-order valence-electron chi connectivity index (χ2n) is 9.45. The zero-order valence-electron chi connectivity index (χ0n) is 22.1. The van der Waals surface area contributed by atoms with Gasteiger partial charge in [0.1, 0.15) is 5.82 Å². The Kier molecular flexibility index (Phi) is 10.7. The minimum atomic E-state index is -0.640. The Balaban J connectivity index is 1.75. The van der Waals surface area contributed by atoms with Crippen molar-refractivity contribution in [2.24, 2.45) is 0 Å². The molecule has 2 aromatic rings. The van der Waals surface area contributed by atoms with Crippen molar-refractivity contribution in [3.8, 4) is 0 Å². The fourth-order valence-electron chi connectivity index (χ4n) is 4.31. The number of fused-ring (bicyclic) bond motifs is 1. The first-order chi connectivity index (χ1) is 18.1. The maximum atomic E-state index is 14.4. The van der Waals surface area contributed by atoms with E-state index in [1.54, 1.807) is 17.1 Å². The van der Waals surface area contributed by atoms with Gasteiger partial charge in [-0.1, -0.05) is 54.9 Å². The smallest absolute Gasteiger partial charge is 0.262 e. The van der Waals surface area contributed by atoms with Gasteiger partial charge in [0, 0.05) is 29.4 Å². The molecule has 1 aliphatic heterocycles. The highest BCUT2D eigenvalue weighted by Gasteiger charge is 2.27. The molecule has 0 bridgehead atoms. The molecule has 0 spiro atoms. The summed E-state index contributed by atoms with van der Waals surface area (Å²) in [5.74, 6) is -1.21. The van der Waals surface area contributed by atoms with Gasteiger partial charge in [-0.3, -0.25) is 9.59 Å². The number of amides is 2. The van der Waals surface area contributed by atoms with Crippen molar-refractivity contribution in [2.45, 2.75) is 32.6 Å². The fourth-order valence-corrected chi connectivity index (χ4v) is 4.73. The third-order valence-corrected chi connectivity index (χ3v) is 7.10. The molecule has 2 amide bonds. The quantitative estimate of drug-likeness (QED) is 0.203. The lowest BCUT2D eigenvalue weighted by Gasteiger charge is -2.30. The molecule has 0 atom stereocenters. The first-order valence-electron chi connectivity index (χ1n) is 12.7. The Morgan fingerprint density at radius 1 is 1.21 bits per heavy atom. The van der Waals surface area contributed by atoms with Gasteiger partial charge in [0.2, 0.25) is 5.91 Å². The number of halogens is 3. The first-order valence-corrected chi connectivity index (χ1v) is 13.5. The number of carbonyl (C=O) groups is 2. The van der Waals surface area contributed by atoms with Gasteiger partial charge in [-0.05, 0) is 93.4 Å². The Labute approximate surface area is 234 Å². The molecule has 2 aromatic carbocycles. The summed E-state index contributed by atoms with van der Waals surface area (Å²) in [5, 5.41) is 3.45. The van der Waals surface area contributed by atoms with Crippen molar-refractivity contribution in [1.82, 2.24) is 10.2 Å². The lowest BCUT2D eigenvalue weighted by molar-refractivity contribution is -0.117. The second kappa shape index (κ2) is 13.7. The number of aryl methyl sites for hydroxylation is 1. The first kappa shape index (κ1) is 29.6. The minimum absolute atomic E-state index is 0.0887. The van der Waals surface area contributed by atoms with Crippen molar-refractivity contribution < 1.29 is 14.0 Å². The summed E-state index contributed by atoms with van der Waals surface area (Å²) < 4.78 is 14.4. The van der Waals surface area contributed by atoms with Crippen molar-refractivity contribution >= 4 is 46.3 Å². The molecule has 0 radical (unpaired) electrons. The topological polar surface area (TPSA) is 52.7 Å². The SMILES string of the molecule is C=C(C(Cl)=CC=C(CC)C(=O)NCCCN(C)C)c1ccc2c(c1)CCCN2C(=O)c1c(F)cccc1Cl. The molecule has 0 aromatic heterocycles. The number of allylic oxidation sites excluding steroid dienone is 4. The van der Waals surface area contributed by atoms with Crippen molar-refractivity contribution in [2.75, 3.05) is 38.6 Å². The largest absolute Gasteiger partial charge is 0.352 e. The average Bonchev–Trinajstić information content (AvgIpc) is 2.89. The van der Waals surface area contributed by atoms with Crippen LogP contribution in [0.1, 0.15) is 47.7 Å². The van der Waals surface area contributed by atoms with Gasteiger partial charge in [-0.2, -0.15) is 0 Å². The maximum absolute atomic E-state index is 14.4. The predicted octanol–water partition coefficient (Wildman–Crippen LogP) is 6.61. The molecule has 202 valence electrons. The summed E-state index contributed by atoms with van der Waals surface area (Å²) in [5.41, 5.74) is 3.59. The molecule has 1 heterocycles. The number of nitrogens with one attached hydrogen (secondary N) is 1. The van der Waals surface area contributed by atoms with Crippen LogP contribution in [-0.2, 0) is 11.2 Å². The van der Waals surface area contributed by atoms with Gasteiger partial charge in [0.25, 0.3) is 5.91 Å². The molecule has 5 nitrogen and oxygen atoms in total. The van der Waals surface area contributed by atoms with E-state index >= 15 is 0 Å². The Morgan fingerprint density at radius 3 is 2.66 bits per heavy atom. The van der Waals surface area contributed by atoms with Crippen LogP contribution in [0.2, 0.25) is 5.02 Å². The van der Waals surface area contributed by atoms with Crippen molar-refractivity contribution in [1.29, 1.82) is 0 Å². The fraction of sp³-hybridized carbons (Fsp3) is 0.333. The minimum Gasteiger partial charge on any atom is -0.352 e. The molecular formula is C30H34Cl2FN3O2. The summed E-state index contributed by atoms with van der Waals surface area (Å²) in [6.07, 6.45) is 6.36. The van der Waals surface area contributed by atoms with Crippen LogP contribution in [0.3, 0.4) is 0 Å². The van der Waals surface area contributed by atoms with Gasteiger partial charge >= 0.3 is 0 Å². The average molecular weight is 559 g/mol. The van der Waals surface area contributed by atoms with Gasteiger partial charge in [0.05, 0.1) is 10.6 Å². The zero-order chi connectivity index (χ0) is 27.8. The molecule has 3 rings (SSSR count). The Hall–Kier alpha value is -2.93. The number of hydrogen-bond acceptors (Lipinski definition) is 3. The van der Waals surface area contributed by atoms with E-state index in [0.717, 1.165) is 42.6 Å². The number of rotatable bonds is 10. The highest BCUT2D eigenvalue weighted by atomic mass is 35.5. The summed E-state index contributed by atoms with van der Waals surface area (Å²) >= 11 is 12.7. The van der Waals surface area contributed by atoms with E-state index in [9.17, 15) is 14.0 Å². The molecule has 1 aliphatic rings. The molecule has 0 unspecified atom stereocenters. The van der Waals surface area contributed by atoms with Crippen LogP contribution in [0.5, 0.6) is 0 Å². The van der Waals surface area contributed by atoms with E-state index < -0.39 is 11.7 Å². The van der Waals surface area contributed by atoms with Crippen LogP contribution in [0.25, 0.3) is 5.57 Å². The maximum Gasteiger partial charge on any atom is 0.262 e. The third kappa shape index (κ3) is 7.34. The molecule has 0 aliphatic carbocycles. The third-order valence-electron chi connectivity index (χ3n) is 6.43. The second-order valence-corrected chi connectivity index (χ2v) is 10.3. The van der Waals surface area contributed by atoms with Crippen LogP contribution in [0.15, 0.2) is 65.7 Å². The number of anilines is 1. The van der Waals surface area contributed by atoms with E-state index in [2.05, 4.69) is 16.8 Å². The van der Waals surface area contributed by atoms with Gasteiger partial charge < -0.3 is 15.1 Å². The van der Waals surface area contributed by atoms with Gasteiger partial charge in [-0.15, -0.1) is 0 Å². The molecule has 0 saturated carbocycles. The molecular weight excluding hydrogens is 524 g/mol. The van der Waals surface area contributed by atoms with Crippen molar-refractivity contribution in [3.05, 3.63) is 93.3 Å². The predicted molar refractivity (Wildman–Crippen MR) is 155 cm³/mol. The summed E-state index contributed by atoms with van der Waals surface area (Å²) in [4.78, 5) is 29.3. The van der Waals surface area contributed by atoms with E-state index in [0.29, 0.717) is 35.7 Å². The molecule has 0 fully saturated rings. The number of carbonyl (C=O) groups excluding carboxylic acids is 2. The highest BCUT2D eigenvalue weighted by molar-refractivity contribution is 6.37.